The van der Waals surface area contributed by atoms with Gasteiger partial charge in [-0.25, -0.2) is 13.1 Å². The number of hydrogen-bond donors (Lipinski definition) is 2. The van der Waals surface area contributed by atoms with Crippen molar-refractivity contribution in [2.45, 2.75) is 51.0 Å². The van der Waals surface area contributed by atoms with Crippen molar-refractivity contribution in [1.82, 2.24) is 9.78 Å². The topological polar surface area (TPSA) is 107 Å². The molecule has 1 unspecified atom stereocenters. The van der Waals surface area contributed by atoms with Crippen molar-refractivity contribution in [1.29, 1.82) is 0 Å². The van der Waals surface area contributed by atoms with Gasteiger partial charge in [-0.15, -0.1) is 0 Å². The molecule has 1 aromatic rings. The summed E-state index contributed by atoms with van der Waals surface area (Å²) in [7, 11) is -2.99. The molecule has 3 rings (SSSR count). The van der Waals surface area contributed by atoms with Gasteiger partial charge in [0.2, 0.25) is 5.91 Å². The van der Waals surface area contributed by atoms with Crippen molar-refractivity contribution in [3.63, 3.8) is 0 Å². The predicted octanol–water partition coefficient (Wildman–Crippen LogP) is 1.48. The third kappa shape index (κ3) is 3.80. The molecule has 7 nitrogen and oxygen atoms in total. The zero-order valence-electron chi connectivity index (χ0n) is 13.9. The zero-order valence-corrected chi connectivity index (χ0v) is 14.7. The molecule has 2 fully saturated rings. The summed E-state index contributed by atoms with van der Waals surface area (Å²) in [6, 6.07) is 1.53. The molecule has 24 heavy (non-hydrogen) atoms. The van der Waals surface area contributed by atoms with Crippen molar-refractivity contribution < 1.29 is 13.2 Å². The molecule has 1 atom stereocenters. The number of sulfone groups is 1. The Balaban J connectivity index is 1.66. The molecule has 0 aromatic carbocycles. The molecule has 2 aliphatic rings. The molecule has 1 aliphatic carbocycles. The normalized spacial score (nSPS) is 25.5. The van der Waals surface area contributed by atoms with Crippen LogP contribution in [-0.2, 0) is 14.6 Å². The van der Waals surface area contributed by atoms with Crippen molar-refractivity contribution in [3.8, 4) is 0 Å². The molecule has 0 radical (unpaired) electrons. The van der Waals surface area contributed by atoms with Gasteiger partial charge in [0.15, 0.2) is 9.84 Å². The number of nitrogens with two attached hydrogens (primary N) is 1. The third-order valence-electron chi connectivity index (χ3n) is 5.37. The summed E-state index contributed by atoms with van der Waals surface area (Å²) < 4.78 is 25.0. The highest BCUT2D eigenvalue weighted by Crippen LogP contribution is 2.38. The molecular formula is C16H26N4O3S. The maximum Gasteiger partial charge on any atom is 0.226 e. The summed E-state index contributed by atoms with van der Waals surface area (Å²) in [6.07, 6.45) is 8.02. The SMILES string of the molecule is NCC1(CC(=O)Nc2ccnn2C2CCS(=O)(=O)C2)CCCCC1. The molecule has 3 N–H and O–H groups in total. The standard InChI is InChI=1S/C16H26N4O3S/c17-12-16(6-2-1-3-7-16)10-15(21)19-14-4-8-18-20(14)13-5-9-24(22,23)11-13/h4,8,13H,1-3,5-7,9-12,17H2,(H,19,21). The molecule has 1 aromatic heterocycles. The average Bonchev–Trinajstić information content (AvgIpc) is 3.14. The molecule has 1 aliphatic heterocycles. The Morgan fingerprint density at radius 3 is 2.75 bits per heavy atom. The molecule has 0 bridgehead atoms. The van der Waals surface area contributed by atoms with Gasteiger partial charge >= 0.3 is 0 Å². The minimum Gasteiger partial charge on any atom is -0.330 e. The van der Waals surface area contributed by atoms with E-state index in [-0.39, 0.29) is 28.9 Å². The monoisotopic (exact) mass is 354 g/mol. The first-order chi connectivity index (χ1) is 11.4. The lowest BCUT2D eigenvalue weighted by atomic mass is 9.71. The number of nitrogens with zero attached hydrogens (tertiary/aromatic N) is 2. The van der Waals surface area contributed by atoms with Gasteiger partial charge < -0.3 is 11.1 Å². The fourth-order valence-corrected chi connectivity index (χ4v) is 5.65. The smallest absolute Gasteiger partial charge is 0.226 e. The van der Waals surface area contributed by atoms with E-state index in [1.165, 1.54) is 6.42 Å². The van der Waals surface area contributed by atoms with Crippen LogP contribution in [0.3, 0.4) is 0 Å². The molecule has 2 heterocycles. The second-order valence-electron chi connectivity index (χ2n) is 7.21. The first-order valence-electron chi connectivity index (χ1n) is 8.67. The highest BCUT2D eigenvalue weighted by molar-refractivity contribution is 7.91. The fraction of sp³-hybridized carbons (Fsp3) is 0.750. The van der Waals surface area contributed by atoms with E-state index in [2.05, 4.69) is 10.4 Å². The summed E-state index contributed by atoms with van der Waals surface area (Å²) in [6.45, 7) is 0.528. The summed E-state index contributed by atoms with van der Waals surface area (Å²) in [5.41, 5.74) is 5.86. The molecule has 1 amide bonds. The van der Waals surface area contributed by atoms with E-state index in [0.29, 0.717) is 25.2 Å². The van der Waals surface area contributed by atoms with E-state index in [9.17, 15) is 13.2 Å². The minimum absolute atomic E-state index is 0.0649. The van der Waals surface area contributed by atoms with Crippen LogP contribution < -0.4 is 11.1 Å². The number of carbonyl (C=O) groups excluding carboxylic acids is 1. The summed E-state index contributed by atoms with van der Waals surface area (Å²) in [4.78, 5) is 12.5. The van der Waals surface area contributed by atoms with Crippen LogP contribution in [0.4, 0.5) is 5.82 Å². The highest BCUT2D eigenvalue weighted by atomic mass is 32.2. The van der Waals surface area contributed by atoms with Gasteiger partial charge in [-0.05, 0) is 31.2 Å². The number of hydrogen-bond acceptors (Lipinski definition) is 5. The Bertz CT molecular complexity index is 692. The number of nitrogens with one attached hydrogen (secondary N) is 1. The van der Waals surface area contributed by atoms with Crippen LogP contribution in [0.2, 0.25) is 0 Å². The number of rotatable bonds is 5. The van der Waals surface area contributed by atoms with Crippen LogP contribution in [0.1, 0.15) is 51.0 Å². The Morgan fingerprint density at radius 1 is 1.38 bits per heavy atom. The first kappa shape index (κ1) is 17.4. The Morgan fingerprint density at radius 2 is 2.12 bits per heavy atom. The van der Waals surface area contributed by atoms with Crippen LogP contribution in [-0.4, -0.2) is 42.2 Å². The maximum absolute atomic E-state index is 12.5. The lowest BCUT2D eigenvalue weighted by molar-refractivity contribution is -0.118. The minimum atomic E-state index is -2.99. The quantitative estimate of drug-likeness (QED) is 0.833. The van der Waals surface area contributed by atoms with Gasteiger partial charge in [-0.1, -0.05) is 19.3 Å². The predicted molar refractivity (Wildman–Crippen MR) is 92.4 cm³/mol. The Hall–Kier alpha value is -1.41. The molecular weight excluding hydrogens is 328 g/mol. The van der Waals surface area contributed by atoms with Gasteiger partial charge in [-0.2, -0.15) is 5.10 Å². The summed E-state index contributed by atoms with van der Waals surface area (Å²) >= 11 is 0. The lowest BCUT2D eigenvalue weighted by Gasteiger charge is -2.35. The van der Waals surface area contributed by atoms with Crippen LogP contribution in [0.25, 0.3) is 0 Å². The summed E-state index contributed by atoms with van der Waals surface area (Å²) in [5.74, 6) is 0.779. The van der Waals surface area contributed by atoms with E-state index in [4.69, 9.17) is 5.73 Å². The van der Waals surface area contributed by atoms with E-state index in [0.717, 1.165) is 25.7 Å². The molecule has 0 spiro atoms. The van der Waals surface area contributed by atoms with Crippen LogP contribution >= 0.6 is 0 Å². The Labute approximate surface area is 142 Å². The van der Waals surface area contributed by atoms with Gasteiger partial charge in [0.1, 0.15) is 5.82 Å². The lowest BCUT2D eigenvalue weighted by Crippen LogP contribution is -2.36. The molecule has 1 saturated carbocycles. The third-order valence-corrected chi connectivity index (χ3v) is 7.13. The zero-order chi connectivity index (χ0) is 17.2. The van der Waals surface area contributed by atoms with Crippen molar-refractivity contribution in [3.05, 3.63) is 12.3 Å². The molecule has 1 saturated heterocycles. The van der Waals surface area contributed by atoms with Crippen molar-refractivity contribution in [2.24, 2.45) is 11.1 Å². The van der Waals surface area contributed by atoms with Gasteiger partial charge in [-0.3, -0.25) is 4.79 Å². The van der Waals surface area contributed by atoms with Gasteiger partial charge in [0.25, 0.3) is 0 Å². The fourth-order valence-electron chi connectivity index (χ4n) is 3.95. The summed E-state index contributed by atoms with van der Waals surface area (Å²) in [5, 5.41) is 7.13. The first-order valence-corrected chi connectivity index (χ1v) is 10.5. The van der Waals surface area contributed by atoms with E-state index >= 15 is 0 Å². The van der Waals surface area contributed by atoms with Crippen molar-refractivity contribution in [2.75, 3.05) is 23.4 Å². The van der Waals surface area contributed by atoms with Crippen LogP contribution in [0.15, 0.2) is 12.3 Å². The number of aromatic nitrogens is 2. The van der Waals surface area contributed by atoms with Crippen molar-refractivity contribution >= 4 is 21.6 Å². The van der Waals surface area contributed by atoms with E-state index < -0.39 is 9.84 Å². The average molecular weight is 354 g/mol. The second kappa shape index (κ2) is 6.84. The largest absolute Gasteiger partial charge is 0.330 e. The number of anilines is 1. The van der Waals surface area contributed by atoms with E-state index in [1.54, 1.807) is 16.9 Å². The van der Waals surface area contributed by atoms with Gasteiger partial charge in [0, 0.05) is 12.5 Å². The van der Waals surface area contributed by atoms with Crippen LogP contribution in [0.5, 0.6) is 0 Å². The maximum atomic E-state index is 12.5. The number of carbonyl (C=O) groups is 1. The molecule has 134 valence electrons. The van der Waals surface area contributed by atoms with Crippen LogP contribution in [0, 0.1) is 5.41 Å². The molecule has 8 heteroatoms. The Kier molecular flexibility index (Phi) is 4.96. The van der Waals surface area contributed by atoms with Gasteiger partial charge in [0.05, 0.1) is 23.7 Å². The second-order valence-corrected chi connectivity index (χ2v) is 9.44. The highest BCUT2D eigenvalue weighted by Gasteiger charge is 2.34. The van der Waals surface area contributed by atoms with E-state index in [1.807, 2.05) is 0 Å². The number of amides is 1.